The first-order valence-electron chi connectivity index (χ1n) is 6.38. The quantitative estimate of drug-likeness (QED) is 0.850. The van der Waals surface area contributed by atoms with E-state index in [0.717, 1.165) is 36.3 Å². The van der Waals surface area contributed by atoms with Crippen LogP contribution < -0.4 is 10.6 Å². The fraction of sp³-hybridized carbons (Fsp3) is 0.500. The number of likely N-dealkylation sites (tertiary alicyclic amines) is 1. The number of carbonyl (C=O) groups excluding carboxylic acids is 1. The first-order valence-corrected chi connectivity index (χ1v) is 6.38. The summed E-state index contributed by atoms with van der Waals surface area (Å²) in [4.78, 5) is 14.5. The lowest BCUT2D eigenvalue weighted by molar-refractivity contribution is 0.0939. The Morgan fingerprint density at radius 1 is 1.44 bits per heavy atom. The molecule has 1 atom stereocenters. The average Bonchev–Trinajstić information content (AvgIpc) is 2.74. The van der Waals surface area contributed by atoms with Crippen LogP contribution in [0.3, 0.4) is 0 Å². The van der Waals surface area contributed by atoms with E-state index in [1.165, 1.54) is 0 Å². The Morgan fingerprint density at radius 2 is 2.22 bits per heavy atom. The molecule has 0 bridgehead atoms. The molecule has 0 aromatic heterocycles. The lowest BCUT2D eigenvalue weighted by atomic mass is 10.1. The minimum atomic E-state index is 0.0170. The number of aryl methyl sites for hydroxylation is 1. The number of nitrogens with zero attached hydrogens (tertiary/aromatic N) is 1. The van der Waals surface area contributed by atoms with Crippen LogP contribution in [0.4, 0.5) is 5.69 Å². The van der Waals surface area contributed by atoms with Crippen molar-refractivity contribution < 1.29 is 4.79 Å². The van der Waals surface area contributed by atoms with Gasteiger partial charge in [-0.3, -0.25) is 4.79 Å². The predicted molar refractivity (Wildman–Crippen MR) is 74.1 cm³/mol. The average molecular weight is 247 g/mol. The summed E-state index contributed by atoms with van der Waals surface area (Å²) in [6.07, 6.45) is 1.03. The van der Waals surface area contributed by atoms with Crippen LogP contribution in [0.5, 0.6) is 0 Å². The maximum absolute atomic E-state index is 12.3. The lowest BCUT2D eigenvalue weighted by Gasteiger charge is -2.15. The van der Waals surface area contributed by atoms with Crippen molar-refractivity contribution >= 4 is 11.6 Å². The molecule has 1 amide bonds. The molecule has 2 rings (SSSR count). The number of hydrogen-bond acceptors (Lipinski definition) is 3. The Kier molecular flexibility index (Phi) is 3.87. The van der Waals surface area contributed by atoms with E-state index in [2.05, 4.69) is 22.6 Å². The first kappa shape index (κ1) is 12.9. The normalized spacial score (nSPS) is 19.8. The molecule has 1 aromatic carbocycles. The monoisotopic (exact) mass is 247 g/mol. The lowest BCUT2D eigenvalue weighted by Crippen LogP contribution is -2.36. The van der Waals surface area contributed by atoms with Gasteiger partial charge in [0.25, 0.3) is 5.91 Å². The van der Waals surface area contributed by atoms with Gasteiger partial charge in [-0.2, -0.15) is 0 Å². The summed E-state index contributed by atoms with van der Waals surface area (Å²) < 4.78 is 0. The molecule has 1 aromatic rings. The van der Waals surface area contributed by atoms with E-state index in [9.17, 15) is 4.79 Å². The molecule has 0 aliphatic carbocycles. The molecule has 1 aliphatic heterocycles. The van der Waals surface area contributed by atoms with Gasteiger partial charge in [-0.15, -0.1) is 0 Å². The Bertz CT molecular complexity index is 445. The van der Waals surface area contributed by atoms with Gasteiger partial charge in [0.05, 0.1) is 5.56 Å². The maximum Gasteiger partial charge on any atom is 0.253 e. The molecule has 1 saturated heterocycles. The van der Waals surface area contributed by atoms with E-state index in [0.29, 0.717) is 0 Å². The summed E-state index contributed by atoms with van der Waals surface area (Å²) in [5.41, 5.74) is 2.71. The number of nitrogens with one attached hydrogen (secondary N) is 2. The molecule has 18 heavy (non-hydrogen) atoms. The van der Waals surface area contributed by atoms with Crippen molar-refractivity contribution in [3.05, 3.63) is 29.3 Å². The summed E-state index contributed by atoms with van der Waals surface area (Å²) >= 11 is 0. The van der Waals surface area contributed by atoms with Crippen molar-refractivity contribution in [1.29, 1.82) is 0 Å². The molecule has 4 nitrogen and oxygen atoms in total. The van der Waals surface area contributed by atoms with Crippen LogP contribution in [-0.4, -0.2) is 44.0 Å². The molecule has 1 fully saturated rings. The summed E-state index contributed by atoms with van der Waals surface area (Å²) in [5, 5.41) is 6.17. The van der Waals surface area contributed by atoms with Crippen LogP contribution in [-0.2, 0) is 0 Å². The van der Waals surface area contributed by atoms with Crippen molar-refractivity contribution in [2.75, 3.05) is 32.5 Å². The van der Waals surface area contributed by atoms with E-state index in [1.54, 1.807) is 0 Å². The van der Waals surface area contributed by atoms with Crippen molar-refractivity contribution in [1.82, 2.24) is 10.2 Å². The highest BCUT2D eigenvalue weighted by molar-refractivity contribution is 6.00. The van der Waals surface area contributed by atoms with Crippen LogP contribution in [0, 0.1) is 6.92 Å². The standard InChI is InChI=1S/C14H21N3O/c1-10-4-5-13(15-2)12(8-10)14(18)16-11-6-7-17(3)9-11/h4-5,8,11,15H,6-7,9H2,1-3H3,(H,16,18). The van der Waals surface area contributed by atoms with E-state index in [-0.39, 0.29) is 11.9 Å². The van der Waals surface area contributed by atoms with E-state index < -0.39 is 0 Å². The number of benzene rings is 1. The third-order valence-corrected chi connectivity index (χ3v) is 3.42. The Balaban J connectivity index is 2.10. The van der Waals surface area contributed by atoms with Gasteiger partial charge in [0.1, 0.15) is 0 Å². The molecule has 98 valence electrons. The van der Waals surface area contributed by atoms with Crippen molar-refractivity contribution in [2.45, 2.75) is 19.4 Å². The SMILES string of the molecule is CNc1ccc(C)cc1C(=O)NC1CCN(C)C1. The van der Waals surface area contributed by atoms with Crippen molar-refractivity contribution in [3.63, 3.8) is 0 Å². The minimum Gasteiger partial charge on any atom is -0.387 e. The summed E-state index contributed by atoms with van der Waals surface area (Å²) in [7, 11) is 3.92. The second-order valence-electron chi connectivity index (χ2n) is 5.02. The summed E-state index contributed by atoms with van der Waals surface area (Å²) in [6.45, 7) is 3.99. The van der Waals surface area contributed by atoms with Crippen LogP contribution in [0.15, 0.2) is 18.2 Å². The molecule has 4 heteroatoms. The van der Waals surface area contributed by atoms with Crippen molar-refractivity contribution in [3.8, 4) is 0 Å². The largest absolute Gasteiger partial charge is 0.387 e. The number of amides is 1. The molecule has 1 heterocycles. The molecule has 0 saturated carbocycles. The van der Waals surface area contributed by atoms with Gasteiger partial charge >= 0.3 is 0 Å². The number of hydrogen-bond donors (Lipinski definition) is 2. The zero-order valence-electron chi connectivity index (χ0n) is 11.3. The van der Waals surface area contributed by atoms with Crippen LogP contribution in [0.2, 0.25) is 0 Å². The van der Waals surface area contributed by atoms with Gasteiger partial charge in [0, 0.05) is 25.3 Å². The summed E-state index contributed by atoms with van der Waals surface area (Å²) in [5.74, 6) is 0.0170. The highest BCUT2D eigenvalue weighted by Crippen LogP contribution is 2.17. The molecular weight excluding hydrogens is 226 g/mol. The molecular formula is C14H21N3O. The van der Waals surface area contributed by atoms with E-state index in [4.69, 9.17) is 0 Å². The van der Waals surface area contributed by atoms with Gasteiger partial charge in [-0.1, -0.05) is 11.6 Å². The molecule has 1 aliphatic rings. The predicted octanol–water partition coefficient (Wildman–Crippen LogP) is 1.47. The number of likely N-dealkylation sites (N-methyl/N-ethyl adjacent to an activating group) is 1. The maximum atomic E-state index is 12.3. The van der Waals surface area contributed by atoms with E-state index >= 15 is 0 Å². The fourth-order valence-corrected chi connectivity index (χ4v) is 2.38. The second-order valence-corrected chi connectivity index (χ2v) is 5.02. The number of anilines is 1. The molecule has 0 radical (unpaired) electrons. The topological polar surface area (TPSA) is 44.4 Å². The Hall–Kier alpha value is -1.55. The number of rotatable bonds is 3. The third kappa shape index (κ3) is 2.82. The fourth-order valence-electron chi connectivity index (χ4n) is 2.38. The second kappa shape index (κ2) is 5.40. The van der Waals surface area contributed by atoms with Gasteiger partial charge in [0.2, 0.25) is 0 Å². The minimum absolute atomic E-state index is 0.0170. The smallest absolute Gasteiger partial charge is 0.253 e. The molecule has 1 unspecified atom stereocenters. The Morgan fingerprint density at radius 3 is 2.83 bits per heavy atom. The highest BCUT2D eigenvalue weighted by atomic mass is 16.1. The van der Waals surface area contributed by atoms with Gasteiger partial charge in [0.15, 0.2) is 0 Å². The zero-order valence-corrected chi connectivity index (χ0v) is 11.3. The summed E-state index contributed by atoms with van der Waals surface area (Å²) in [6, 6.07) is 6.16. The van der Waals surface area contributed by atoms with Gasteiger partial charge < -0.3 is 15.5 Å². The molecule has 0 spiro atoms. The molecule has 2 N–H and O–H groups in total. The number of carbonyl (C=O) groups is 1. The van der Waals surface area contributed by atoms with Gasteiger partial charge in [-0.05, 0) is 39.1 Å². The van der Waals surface area contributed by atoms with Crippen LogP contribution in [0.25, 0.3) is 0 Å². The van der Waals surface area contributed by atoms with E-state index in [1.807, 2.05) is 32.2 Å². The van der Waals surface area contributed by atoms with Gasteiger partial charge in [-0.25, -0.2) is 0 Å². The van der Waals surface area contributed by atoms with Crippen molar-refractivity contribution in [2.24, 2.45) is 0 Å². The first-order chi connectivity index (χ1) is 8.60. The van der Waals surface area contributed by atoms with Crippen LogP contribution >= 0.6 is 0 Å². The van der Waals surface area contributed by atoms with Crippen LogP contribution in [0.1, 0.15) is 22.3 Å². The highest BCUT2D eigenvalue weighted by Gasteiger charge is 2.22. The Labute approximate surface area is 108 Å². The zero-order chi connectivity index (χ0) is 13.1. The third-order valence-electron chi connectivity index (χ3n) is 3.42.